The molecule has 1 aliphatic carbocycles. The van der Waals surface area contributed by atoms with Crippen LogP contribution in [0.3, 0.4) is 0 Å². The zero-order valence-electron chi connectivity index (χ0n) is 22.9. The van der Waals surface area contributed by atoms with Crippen molar-refractivity contribution in [2.75, 3.05) is 13.2 Å². The SMILES string of the molecule is C[C@@H]([C@@H]1COC2(O1)c1ccccc1Oc1ccccc12)[C@H](NC(=O)OCC1c2ccccc2-c2ccccc21)C(=O)O. The van der Waals surface area contributed by atoms with E-state index in [9.17, 15) is 14.7 Å². The molecule has 4 aromatic carbocycles. The van der Waals surface area contributed by atoms with Crippen LogP contribution >= 0.6 is 0 Å². The van der Waals surface area contributed by atoms with Crippen LogP contribution in [0.4, 0.5) is 4.79 Å². The number of carbonyl (C=O) groups is 2. The molecule has 42 heavy (non-hydrogen) atoms. The molecule has 8 nitrogen and oxygen atoms in total. The lowest BCUT2D eigenvalue weighted by molar-refractivity contribution is -0.158. The topological polar surface area (TPSA) is 103 Å². The van der Waals surface area contributed by atoms with Crippen molar-refractivity contribution in [1.82, 2.24) is 5.32 Å². The summed E-state index contributed by atoms with van der Waals surface area (Å²) in [4.78, 5) is 25.4. The number of carbonyl (C=O) groups excluding carboxylic acids is 1. The molecule has 1 saturated heterocycles. The number of amides is 1. The molecule has 2 N–H and O–H groups in total. The van der Waals surface area contributed by atoms with Crippen LogP contribution in [-0.4, -0.2) is 42.5 Å². The summed E-state index contributed by atoms with van der Waals surface area (Å²) in [6.07, 6.45) is -1.44. The minimum Gasteiger partial charge on any atom is -0.480 e. The standard InChI is InChI=1S/C34H29NO7/c1-20(30-19-40-34(42-30)26-14-6-8-16-28(26)41-29-17-9-7-15-27(29)34)31(32(36)37)35-33(38)39-18-25-23-12-4-2-10-21(23)22-11-3-5-13-24(22)25/h2-17,20,25,30-31H,18-19H2,1H3,(H,35,38)(H,36,37)/t20-,30-,31-/m0/s1. The van der Waals surface area contributed by atoms with Crippen molar-refractivity contribution in [3.8, 4) is 22.6 Å². The molecule has 3 atom stereocenters. The second kappa shape index (κ2) is 10.3. The van der Waals surface area contributed by atoms with E-state index in [1.54, 1.807) is 6.92 Å². The number of benzene rings is 4. The van der Waals surface area contributed by atoms with Gasteiger partial charge in [-0.05, 0) is 46.5 Å². The molecule has 1 amide bonds. The molecule has 3 aliphatic rings. The van der Waals surface area contributed by atoms with Crippen LogP contribution in [0.25, 0.3) is 11.1 Å². The predicted octanol–water partition coefficient (Wildman–Crippen LogP) is 6.04. The zero-order valence-corrected chi connectivity index (χ0v) is 22.9. The second-order valence-corrected chi connectivity index (χ2v) is 10.8. The van der Waals surface area contributed by atoms with Gasteiger partial charge in [0.1, 0.15) is 24.1 Å². The average Bonchev–Trinajstić information content (AvgIpc) is 3.59. The van der Waals surface area contributed by atoms with Crippen LogP contribution in [-0.2, 0) is 24.8 Å². The smallest absolute Gasteiger partial charge is 0.407 e. The molecule has 0 aromatic heterocycles. The van der Waals surface area contributed by atoms with Crippen molar-refractivity contribution in [2.24, 2.45) is 5.92 Å². The maximum Gasteiger partial charge on any atom is 0.407 e. The Balaban J connectivity index is 1.07. The summed E-state index contributed by atoms with van der Waals surface area (Å²) < 4.78 is 24.6. The number of fused-ring (bicyclic) bond motifs is 7. The van der Waals surface area contributed by atoms with Gasteiger partial charge >= 0.3 is 12.1 Å². The number of ether oxygens (including phenoxy) is 4. The van der Waals surface area contributed by atoms with E-state index in [0.717, 1.165) is 22.3 Å². The summed E-state index contributed by atoms with van der Waals surface area (Å²) in [7, 11) is 0. The van der Waals surface area contributed by atoms with Crippen molar-refractivity contribution < 1.29 is 33.6 Å². The molecule has 0 saturated carbocycles. The van der Waals surface area contributed by atoms with Gasteiger partial charge in [-0.3, -0.25) is 0 Å². The number of hydrogen-bond donors (Lipinski definition) is 2. The summed E-state index contributed by atoms with van der Waals surface area (Å²) in [5.74, 6) is -2.01. The molecule has 0 bridgehead atoms. The van der Waals surface area contributed by atoms with E-state index >= 15 is 0 Å². The third-order valence-corrected chi connectivity index (χ3v) is 8.47. The van der Waals surface area contributed by atoms with Crippen LogP contribution in [0.2, 0.25) is 0 Å². The summed E-state index contributed by atoms with van der Waals surface area (Å²) in [5.41, 5.74) is 5.79. The Morgan fingerprint density at radius 3 is 2.02 bits per heavy atom. The quantitative estimate of drug-likeness (QED) is 0.295. The minimum absolute atomic E-state index is 0.0836. The highest BCUT2D eigenvalue weighted by Crippen LogP contribution is 2.53. The molecular formula is C34H29NO7. The Hall–Kier alpha value is -4.66. The molecule has 2 heterocycles. The first-order valence-electron chi connectivity index (χ1n) is 14.0. The fourth-order valence-electron chi connectivity index (χ4n) is 6.34. The number of aliphatic carboxylic acids is 1. The van der Waals surface area contributed by atoms with E-state index in [-0.39, 0.29) is 19.1 Å². The number of carboxylic acid groups (broad SMARTS) is 1. The zero-order chi connectivity index (χ0) is 28.8. The van der Waals surface area contributed by atoms with Gasteiger partial charge in [0.2, 0.25) is 5.79 Å². The van der Waals surface area contributed by atoms with Gasteiger partial charge in [-0.15, -0.1) is 0 Å². The molecule has 8 heteroatoms. The first kappa shape index (κ1) is 26.3. The predicted molar refractivity (Wildman–Crippen MR) is 153 cm³/mol. The highest BCUT2D eigenvalue weighted by Gasteiger charge is 2.53. The fourth-order valence-corrected chi connectivity index (χ4v) is 6.34. The number of carboxylic acids is 1. The third-order valence-electron chi connectivity index (χ3n) is 8.47. The number of nitrogens with one attached hydrogen (secondary N) is 1. The molecule has 0 unspecified atom stereocenters. The maximum atomic E-state index is 13.0. The lowest BCUT2D eigenvalue weighted by Gasteiger charge is -2.36. The fraction of sp³-hybridized carbons (Fsp3) is 0.235. The highest BCUT2D eigenvalue weighted by molar-refractivity contribution is 5.81. The molecule has 4 aromatic rings. The van der Waals surface area contributed by atoms with E-state index in [0.29, 0.717) is 22.6 Å². The van der Waals surface area contributed by atoms with Gasteiger partial charge in [0.15, 0.2) is 0 Å². The maximum absolute atomic E-state index is 13.0. The van der Waals surface area contributed by atoms with Crippen molar-refractivity contribution in [3.63, 3.8) is 0 Å². The average molecular weight is 564 g/mol. The van der Waals surface area contributed by atoms with Crippen molar-refractivity contribution in [1.29, 1.82) is 0 Å². The van der Waals surface area contributed by atoms with Gasteiger partial charge in [-0.1, -0.05) is 79.7 Å². The third kappa shape index (κ3) is 4.22. The Morgan fingerprint density at radius 2 is 1.43 bits per heavy atom. The first-order valence-corrected chi connectivity index (χ1v) is 14.0. The molecule has 1 spiro atoms. The molecule has 0 radical (unpaired) electrons. The number of hydrogen-bond acceptors (Lipinski definition) is 6. The van der Waals surface area contributed by atoms with Gasteiger partial charge in [0.05, 0.1) is 23.8 Å². The molecule has 212 valence electrons. The van der Waals surface area contributed by atoms with E-state index in [2.05, 4.69) is 17.4 Å². The number of alkyl carbamates (subject to hydrolysis) is 1. The van der Waals surface area contributed by atoms with Gasteiger partial charge in [-0.2, -0.15) is 0 Å². The van der Waals surface area contributed by atoms with Crippen molar-refractivity contribution >= 4 is 12.1 Å². The number of para-hydroxylation sites is 2. The normalized spacial score (nSPS) is 19.0. The van der Waals surface area contributed by atoms with Crippen LogP contribution in [0.5, 0.6) is 11.5 Å². The summed E-state index contributed by atoms with van der Waals surface area (Å²) in [6, 6.07) is 29.7. The Morgan fingerprint density at radius 1 is 0.881 bits per heavy atom. The Labute approximate surface area is 242 Å². The lowest BCUT2D eigenvalue weighted by atomic mass is 9.92. The van der Waals surface area contributed by atoms with Crippen LogP contribution in [0.1, 0.15) is 35.1 Å². The Kier molecular flexibility index (Phi) is 6.45. The Bertz CT molecular complexity index is 1590. The molecule has 1 fully saturated rings. The lowest BCUT2D eigenvalue weighted by Crippen LogP contribution is -2.49. The molecule has 2 aliphatic heterocycles. The summed E-state index contributed by atoms with van der Waals surface area (Å²) in [6.45, 7) is 1.94. The largest absolute Gasteiger partial charge is 0.480 e. The van der Waals surface area contributed by atoms with Crippen molar-refractivity contribution in [2.45, 2.75) is 30.8 Å². The second-order valence-electron chi connectivity index (χ2n) is 10.8. The molecular weight excluding hydrogens is 534 g/mol. The van der Waals surface area contributed by atoms with Crippen LogP contribution < -0.4 is 10.1 Å². The minimum atomic E-state index is -1.27. The van der Waals surface area contributed by atoms with E-state index < -0.39 is 35.9 Å². The van der Waals surface area contributed by atoms with Gasteiger partial charge < -0.3 is 29.4 Å². The summed E-state index contributed by atoms with van der Waals surface area (Å²) >= 11 is 0. The molecule has 7 rings (SSSR count). The highest BCUT2D eigenvalue weighted by atomic mass is 16.7. The first-order chi connectivity index (χ1) is 20.5. The van der Waals surface area contributed by atoms with Gasteiger partial charge in [0, 0.05) is 11.8 Å². The van der Waals surface area contributed by atoms with Crippen LogP contribution in [0.15, 0.2) is 97.1 Å². The van der Waals surface area contributed by atoms with Crippen molar-refractivity contribution in [3.05, 3.63) is 119 Å². The van der Waals surface area contributed by atoms with Gasteiger partial charge in [-0.25, -0.2) is 9.59 Å². The van der Waals surface area contributed by atoms with Gasteiger partial charge in [0.25, 0.3) is 0 Å². The monoisotopic (exact) mass is 563 g/mol. The van der Waals surface area contributed by atoms with E-state index in [1.807, 2.05) is 84.9 Å². The summed E-state index contributed by atoms with van der Waals surface area (Å²) in [5, 5.41) is 12.7. The van der Waals surface area contributed by atoms with Crippen LogP contribution in [0, 0.1) is 5.92 Å². The van der Waals surface area contributed by atoms with E-state index in [1.165, 1.54) is 0 Å². The number of rotatable bonds is 6. The van der Waals surface area contributed by atoms with E-state index in [4.69, 9.17) is 18.9 Å².